The molecule has 1 heterocycles. The molecule has 3 rings (SSSR count). The lowest BCUT2D eigenvalue weighted by Crippen LogP contribution is -2.49. The highest BCUT2D eigenvalue weighted by atomic mass is 16.3. The summed E-state index contributed by atoms with van der Waals surface area (Å²) < 4.78 is 0. The van der Waals surface area contributed by atoms with Crippen molar-refractivity contribution in [1.29, 1.82) is 0 Å². The molecule has 110 valence electrons. The number of likely N-dealkylation sites (N-methyl/N-ethyl adjacent to an activating group) is 1. The molecule has 0 radical (unpaired) electrons. The van der Waals surface area contributed by atoms with E-state index >= 15 is 0 Å². The fraction of sp³-hybridized carbons (Fsp3) is 1.00. The quantitative estimate of drug-likeness (QED) is 0.823. The molecule has 2 aliphatic carbocycles. The summed E-state index contributed by atoms with van der Waals surface area (Å²) in [5.74, 6) is 1.21. The molecule has 0 spiro atoms. The van der Waals surface area contributed by atoms with Crippen LogP contribution in [0, 0.1) is 22.7 Å². The molecule has 3 heteroatoms. The van der Waals surface area contributed by atoms with Crippen LogP contribution in [0.15, 0.2) is 0 Å². The molecule has 1 N–H and O–H groups in total. The highest BCUT2D eigenvalue weighted by molar-refractivity contribution is 5.14. The van der Waals surface area contributed by atoms with Crippen molar-refractivity contribution in [2.75, 3.05) is 39.8 Å². The number of rotatable bonds is 2. The van der Waals surface area contributed by atoms with E-state index in [1.54, 1.807) is 0 Å². The highest BCUT2D eigenvalue weighted by Crippen LogP contribution is 2.67. The Morgan fingerprint density at radius 2 is 1.74 bits per heavy atom. The van der Waals surface area contributed by atoms with Crippen LogP contribution in [0.1, 0.15) is 33.6 Å². The van der Waals surface area contributed by atoms with Crippen molar-refractivity contribution >= 4 is 0 Å². The largest absolute Gasteiger partial charge is 0.392 e. The number of hydrogen-bond acceptors (Lipinski definition) is 3. The van der Waals surface area contributed by atoms with Crippen LogP contribution in [0.5, 0.6) is 0 Å². The molecule has 2 bridgehead atoms. The Hall–Kier alpha value is -0.120. The molecule has 0 aromatic rings. The lowest BCUT2D eigenvalue weighted by Gasteiger charge is -2.39. The molecule has 4 unspecified atom stereocenters. The Morgan fingerprint density at radius 1 is 1.11 bits per heavy atom. The first kappa shape index (κ1) is 13.8. The SMILES string of the molecule is CN1CCN(CC2C3CCC(C)(C2O)C3(C)C)CC1. The number of aliphatic hydroxyl groups is 1. The molecule has 0 aromatic heterocycles. The second-order valence-electron chi connectivity index (χ2n) is 8.00. The van der Waals surface area contributed by atoms with Gasteiger partial charge >= 0.3 is 0 Å². The summed E-state index contributed by atoms with van der Waals surface area (Å²) in [4.78, 5) is 4.98. The van der Waals surface area contributed by atoms with Crippen LogP contribution in [-0.4, -0.2) is 60.8 Å². The van der Waals surface area contributed by atoms with E-state index in [9.17, 15) is 5.11 Å². The number of fused-ring (bicyclic) bond motifs is 2. The zero-order chi connectivity index (χ0) is 13.8. The minimum atomic E-state index is -0.0964. The summed E-state index contributed by atoms with van der Waals surface area (Å²) in [5.41, 5.74) is 0.457. The molecule has 0 aromatic carbocycles. The molecule has 2 saturated carbocycles. The molecule has 1 saturated heterocycles. The van der Waals surface area contributed by atoms with Gasteiger partial charge in [-0.3, -0.25) is 0 Å². The fourth-order valence-corrected chi connectivity index (χ4v) is 5.09. The van der Waals surface area contributed by atoms with Crippen LogP contribution in [0.3, 0.4) is 0 Å². The van der Waals surface area contributed by atoms with Crippen LogP contribution >= 0.6 is 0 Å². The van der Waals surface area contributed by atoms with Gasteiger partial charge in [-0.05, 0) is 36.6 Å². The van der Waals surface area contributed by atoms with Gasteiger partial charge in [-0.15, -0.1) is 0 Å². The van der Waals surface area contributed by atoms with Crippen LogP contribution < -0.4 is 0 Å². The molecule has 19 heavy (non-hydrogen) atoms. The molecular weight excluding hydrogens is 236 g/mol. The van der Waals surface area contributed by atoms with Crippen molar-refractivity contribution in [3.05, 3.63) is 0 Å². The Balaban J connectivity index is 1.70. The minimum Gasteiger partial charge on any atom is -0.392 e. The predicted octanol–water partition coefficient (Wildman–Crippen LogP) is 1.67. The first-order chi connectivity index (χ1) is 8.86. The van der Waals surface area contributed by atoms with Crippen molar-refractivity contribution in [3.8, 4) is 0 Å². The third-order valence-electron chi connectivity index (χ3n) is 7.01. The molecule has 3 aliphatic rings. The van der Waals surface area contributed by atoms with Crippen molar-refractivity contribution in [2.45, 2.75) is 39.7 Å². The van der Waals surface area contributed by atoms with Crippen LogP contribution in [0.2, 0.25) is 0 Å². The molecular formula is C16H30N2O. The summed E-state index contributed by atoms with van der Waals surface area (Å²) in [7, 11) is 2.20. The van der Waals surface area contributed by atoms with Crippen molar-refractivity contribution < 1.29 is 5.11 Å². The number of hydrogen-bond donors (Lipinski definition) is 1. The Labute approximate surface area is 118 Å². The number of aliphatic hydroxyl groups excluding tert-OH is 1. The highest BCUT2D eigenvalue weighted by Gasteiger charge is 2.65. The van der Waals surface area contributed by atoms with Gasteiger partial charge < -0.3 is 14.9 Å². The first-order valence-electron chi connectivity index (χ1n) is 7.95. The Morgan fingerprint density at radius 3 is 2.26 bits per heavy atom. The second kappa shape index (κ2) is 4.44. The maximum Gasteiger partial charge on any atom is 0.0642 e. The standard InChI is InChI=1S/C16H30N2O/c1-15(2)13-5-6-16(15,3)14(19)12(13)11-18-9-7-17(4)8-10-18/h12-14,19H,5-11H2,1-4H3. The smallest absolute Gasteiger partial charge is 0.0642 e. The van der Waals surface area contributed by atoms with Crippen LogP contribution in [0.4, 0.5) is 0 Å². The first-order valence-corrected chi connectivity index (χ1v) is 7.95. The average Bonchev–Trinajstić information content (AvgIpc) is 2.66. The van der Waals surface area contributed by atoms with Gasteiger partial charge in [0.05, 0.1) is 6.10 Å². The van der Waals surface area contributed by atoms with Crippen molar-refractivity contribution in [1.82, 2.24) is 9.80 Å². The third-order valence-corrected chi connectivity index (χ3v) is 7.01. The average molecular weight is 266 g/mol. The van der Waals surface area contributed by atoms with Gasteiger partial charge in [0.25, 0.3) is 0 Å². The second-order valence-corrected chi connectivity index (χ2v) is 8.00. The lowest BCUT2D eigenvalue weighted by molar-refractivity contribution is -0.0213. The summed E-state index contributed by atoms with van der Waals surface area (Å²) >= 11 is 0. The topological polar surface area (TPSA) is 26.7 Å². The normalized spacial score (nSPS) is 46.9. The van der Waals surface area contributed by atoms with E-state index in [4.69, 9.17) is 0 Å². The van der Waals surface area contributed by atoms with Gasteiger partial charge in [0.2, 0.25) is 0 Å². The molecule has 0 amide bonds. The van der Waals surface area contributed by atoms with Gasteiger partial charge in [0.1, 0.15) is 0 Å². The van der Waals surface area contributed by atoms with E-state index in [-0.39, 0.29) is 11.5 Å². The van der Waals surface area contributed by atoms with E-state index in [2.05, 4.69) is 37.6 Å². The van der Waals surface area contributed by atoms with E-state index in [1.165, 1.54) is 39.0 Å². The van der Waals surface area contributed by atoms with E-state index in [0.29, 0.717) is 17.3 Å². The summed E-state index contributed by atoms with van der Waals surface area (Å²) in [5, 5.41) is 10.8. The zero-order valence-electron chi connectivity index (χ0n) is 13.0. The number of piperazine rings is 1. The van der Waals surface area contributed by atoms with Crippen molar-refractivity contribution in [2.24, 2.45) is 22.7 Å². The van der Waals surface area contributed by atoms with Crippen LogP contribution in [0.25, 0.3) is 0 Å². The van der Waals surface area contributed by atoms with Gasteiger partial charge in [-0.1, -0.05) is 20.8 Å². The molecule has 3 fully saturated rings. The Bertz CT molecular complexity index is 349. The number of nitrogens with zero attached hydrogens (tertiary/aromatic N) is 2. The lowest BCUT2D eigenvalue weighted by atomic mass is 9.70. The molecule has 1 aliphatic heterocycles. The van der Waals surface area contributed by atoms with Gasteiger partial charge in [0.15, 0.2) is 0 Å². The van der Waals surface area contributed by atoms with E-state index in [0.717, 1.165) is 6.54 Å². The van der Waals surface area contributed by atoms with E-state index < -0.39 is 0 Å². The molecule has 3 nitrogen and oxygen atoms in total. The predicted molar refractivity (Wildman–Crippen MR) is 78.0 cm³/mol. The maximum absolute atomic E-state index is 10.8. The maximum atomic E-state index is 10.8. The van der Waals surface area contributed by atoms with Crippen molar-refractivity contribution in [3.63, 3.8) is 0 Å². The van der Waals surface area contributed by atoms with Gasteiger partial charge in [-0.2, -0.15) is 0 Å². The Kier molecular flexibility index (Phi) is 3.23. The van der Waals surface area contributed by atoms with Gasteiger partial charge in [-0.25, -0.2) is 0 Å². The summed E-state index contributed by atoms with van der Waals surface area (Å²) in [6.07, 6.45) is 2.44. The van der Waals surface area contributed by atoms with Gasteiger partial charge in [0, 0.05) is 38.6 Å². The zero-order valence-corrected chi connectivity index (χ0v) is 13.0. The molecule has 4 atom stereocenters. The van der Waals surface area contributed by atoms with E-state index in [1.807, 2.05) is 0 Å². The van der Waals surface area contributed by atoms with Crippen LogP contribution in [-0.2, 0) is 0 Å². The fourth-order valence-electron chi connectivity index (χ4n) is 5.09. The minimum absolute atomic E-state index is 0.0964. The third kappa shape index (κ3) is 1.89. The summed E-state index contributed by atoms with van der Waals surface area (Å²) in [6, 6.07) is 0. The summed E-state index contributed by atoms with van der Waals surface area (Å²) in [6.45, 7) is 12.9. The monoisotopic (exact) mass is 266 g/mol.